The predicted octanol–water partition coefficient (Wildman–Crippen LogP) is 14.4. The molecule has 0 amide bonds. The third-order valence-electron chi connectivity index (χ3n) is 9.90. The Morgan fingerprint density at radius 1 is 0.353 bits per heavy atom. The number of hydrogen-bond acceptors (Lipinski definition) is 3. The van der Waals surface area contributed by atoms with Gasteiger partial charge in [0.05, 0.1) is 22.4 Å². The number of anilines is 3. The van der Waals surface area contributed by atoms with E-state index in [9.17, 15) is 0 Å². The lowest BCUT2D eigenvalue weighted by Gasteiger charge is -2.30. The van der Waals surface area contributed by atoms with Crippen molar-refractivity contribution in [3.05, 3.63) is 188 Å². The molecule has 0 radical (unpaired) electrons. The fourth-order valence-electron chi connectivity index (χ4n) is 7.52. The van der Waals surface area contributed by atoms with Gasteiger partial charge >= 0.3 is 0 Å². The summed E-state index contributed by atoms with van der Waals surface area (Å²) < 4.78 is 9.06. The van der Waals surface area contributed by atoms with Gasteiger partial charge in [0.25, 0.3) is 0 Å². The Bertz CT molecular complexity index is 2860. The summed E-state index contributed by atoms with van der Waals surface area (Å²) in [7, 11) is 0. The molecule has 8 aromatic carbocycles. The molecule has 0 bridgehead atoms. The number of benzene rings is 8. The molecule has 3 heteroatoms. The van der Waals surface area contributed by atoms with Gasteiger partial charge < -0.3 is 9.32 Å². The summed E-state index contributed by atoms with van der Waals surface area (Å²) in [6, 6.07) is 67.5. The molecule has 0 saturated heterocycles. The van der Waals surface area contributed by atoms with Crippen molar-refractivity contribution in [3.63, 3.8) is 0 Å². The summed E-state index contributed by atoms with van der Waals surface area (Å²) >= 11 is 1.85. The van der Waals surface area contributed by atoms with Crippen molar-refractivity contribution in [2.75, 3.05) is 4.90 Å². The molecule has 240 valence electrons. The molecule has 0 N–H and O–H groups in total. The van der Waals surface area contributed by atoms with E-state index in [1.807, 2.05) is 17.4 Å². The van der Waals surface area contributed by atoms with Crippen LogP contribution < -0.4 is 4.90 Å². The zero-order chi connectivity index (χ0) is 33.7. The molecular formula is C48H31NOS. The van der Waals surface area contributed by atoms with Crippen LogP contribution in [0.5, 0.6) is 0 Å². The highest BCUT2D eigenvalue weighted by Crippen LogP contribution is 2.49. The predicted molar refractivity (Wildman–Crippen MR) is 218 cm³/mol. The molecule has 0 unspecified atom stereocenters. The Balaban J connectivity index is 1.22. The molecule has 51 heavy (non-hydrogen) atoms. The SMILES string of the molecule is c1ccc(-c2ccc(-c3ccccc3N(c3ccccc3-c3ccc4sc5ccccc5c4c3)c3cccc4oc5ccccc5c34)cc2)cc1. The van der Waals surface area contributed by atoms with Gasteiger partial charge in [0.1, 0.15) is 11.2 Å². The van der Waals surface area contributed by atoms with E-state index in [2.05, 4.69) is 187 Å². The average Bonchev–Trinajstić information content (AvgIpc) is 3.77. The minimum Gasteiger partial charge on any atom is -0.456 e. The lowest BCUT2D eigenvalue weighted by atomic mass is 9.96. The number of hydrogen-bond donors (Lipinski definition) is 0. The van der Waals surface area contributed by atoms with Crippen molar-refractivity contribution in [1.29, 1.82) is 0 Å². The van der Waals surface area contributed by atoms with Gasteiger partial charge in [0.2, 0.25) is 0 Å². The van der Waals surface area contributed by atoms with Gasteiger partial charge in [-0.2, -0.15) is 0 Å². The van der Waals surface area contributed by atoms with Gasteiger partial charge in [0.15, 0.2) is 0 Å². The highest BCUT2D eigenvalue weighted by molar-refractivity contribution is 7.25. The second-order valence-corrected chi connectivity index (χ2v) is 14.0. The van der Waals surface area contributed by atoms with E-state index >= 15 is 0 Å². The molecule has 0 fully saturated rings. The van der Waals surface area contributed by atoms with Gasteiger partial charge in [0, 0.05) is 36.7 Å². The zero-order valence-corrected chi connectivity index (χ0v) is 28.5. The molecule has 0 saturated carbocycles. The first kappa shape index (κ1) is 29.5. The van der Waals surface area contributed by atoms with Gasteiger partial charge in [-0.05, 0) is 70.8 Å². The molecule has 0 spiro atoms. The minimum absolute atomic E-state index is 0.868. The Kier molecular flexibility index (Phi) is 7.04. The molecule has 2 heterocycles. The Labute approximate surface area is 300 Å². The molecule has 0 aliphatic heterocycles. The quantitative estimate of drug-likeness (QED) is 0.175. The highest BCUT2D eigenvalue weighted by Gasteiger charge is 2.24. The van der Waals surface area contributed by atoms with E-state index in [0.29, 0.717) is 0 Å². The zero-order valence-electron chi connectivity index (χ0n) is 27.7. The molecule has 0 aliphatic rings. The summed E-state index contributed by atoms with van der Waals surface area (Å²) in [4.78, 5) is 2.44. The normalized spacial score (nSPS) is 11.5. The molecule has 10 aromatic rings. The molecule has 10 rings (SSSR count). The maximum Gasteiger partial charge on any atom is 0.137 e. The van der Waals surface area contributed by atoms with E-state index in [-0.39, 0.29) is 0 Å². The largest absolute Gasteiger partial charge is 0.456 e. The van der Waals surface area contributed by atoms with E-state index in [0.717, 1.165) is 55.7 Å². The monoisotopic (exact) mass is 669 g/mol. The second kappa shape index (κ2) is 12.2. The molecule has 0 aliphatic carbocycles. The maximum absolute atomic E-state index is 6.45. The van der Waals surface area contributed by atoms with Crippen LogP contribution in [-0.4, -0.2) is 0 Å². The van der Waals surface area contributed by atoms with Crippen LogP contribution in [-0.2, 0) is 0 Å². The Hall–Kier alpha value is -6.42. The van der Waals surface area contributed by atoms with Crippen LogP contribution in [0.4, 0.5) is 17.1 Å². The van der Waals surface area contributed by atoms with Crippen molar-refractivity contribution in [2.24, 2.45) is 0 Å². The lowest BCUT2D eigenvalue weighted by Crippen LogP contribution is -2.12. The Morgan fingerprint density at radius 3 is 1.71 bits per heavy atom. The van der Waals surface area contributed by atoms with Crippen molar-refractivity contribution < 1.29 is 4.42 Å². The third-order valence-corrected chi connectivity index (χ3v) is 11.1. The van der Waals surface area contributed by atoms with Crippen LogP contribution >= 0.6 is 11.3 Å². The topological polar surface area (TPSA) is 16.4 Å². The number of thiophene rings is 1. The number of para-hydroxylation sites is 3. The minimum atomic E-state index is 0.868. The first-order chi connectivity index (χ1) is 25.3. The van der Waals surface area contributed by atoms with Crippen LogP contribution in [0.25, 0.3) is 75.5 Å². The van der Waals surface area contributed by atoms with Crippen molar-refractivity contribution in [1.82, 2.24) is 0 Å². The van der Waals surface area contributed by atoms with Crippen molar-refractivity contribution >= 4 is 70.5 Å². The first-order valence-corrected chi connectivity index (χ1v) is 18.1. The number of fused-ring (bicyclic) bond motifs is 6. The highest BCUT2D eigenvalue weighted by atomic mass is 32.1. The van der Waals surface area contributed by atoms with E-state index in [1.165, 1.54) is 36.9 Å². The first-order valence-electron chi connectivity index (χ1n) is 17.3. The standard InChI is InChI=1S/C48H31NOS/c1-2-13-32(14-3-1)33-25-27-34(28-26-33)36-15-4-8-19-41(36)49(43-21-12-23-45-48(43)39-18-6-10-22-44(39)50-45)42-20-9-5-16-37(42)35-29-30-47-40(31-35)38-17-7-11-24-46(38)51-47/h1-31H. The maximum atomic E-state index is 6.45. The average molecular weight is 670 g/mol. The summed E-state index contributed by atoms with van der Waals surface area (Å²) in [6.45, 7) is 0. The fourth-order valence-corrected chi connectivity index (χ4v) is 8.61. The van der Waals surface area contributed by atoms with Gasteiger partial charge in [-0.3, -0.25) is 0 Å². The number of furan rings is 1. The summed E-state index contributed by atoms with van der Waals surface area (Å²) in [6.07, 6.45) is 0. The van der Waals surface area contributed by atoms with Crippen molar-refractivity contribution in [2.45, 2.75) is 0 Å². The molecule has 2 aromatic heterocycles. The van der Waals surface area contributed by atoms with Crippen LogP contribution in [0, 0.1) is 0 Å². The lowest BCUT2D eigenvalue weighted by molar-refractivity contribution is 0.669. The van der Waals surface area contributed by atoms with Gasteiger partial charge in [-0.1, -0.05) is 140 Å². The third kappa shape index (κ3) is 5.01. The van der Waals surface area contributed by atoms with Crippen LogP contribution in [0.3, 0.4) is 0 Å². The van der Waals surface area contributed by atoms with Crippen LogP contribution in [0.1, 0.15) is 0 Å². The van der Waals surface area contributed by atoms with E-state index < -0.39 is 0 Å². The van der Waals surface area contributed by atoms with Crippen molar-refractivity contribution in [3.8, 4) is 33.4 Å². The van der Waals surface area contributed by atoms with E-state index in [4.69, 9.17) is 4.42 Å². The van der Waals surface area contributed by atoms with E-state index in [1.54, 1.807) is 0 Å². The molecule has 2 nitrogen and oxygen atoms in total. The molecule has 0 atom stereocenters. The summed E-state index contributed by atoms with van der Waals surface area (Å²) in [5, 5.41) is 4.78. The second-order valence-electron chi connectivity index (χ2n) is 12.9. The number of rotatable bonds is 6. The summed E-state index contributed by atoms with van der Waals surface area (Å²) in [5.41, 5.74) is 12.1. The van der Waals surface area contributed by atoms with Crippen LogP contribution in [0.2, 0.25) is 0 Å². The van der Waals surface area contributed by atoms with Gasteiger partial charge in [-0.25, -0.2) is 0 Å². The molecular weight excluding hydrogens is 639 g/mol. The van der Waals surface area contributed by atoms with Gasteiger partial charge in [-0.15, -0.1) is 11.3 Å². The summed E-state index contributed by atoms with van der Waals surface area (Å²) in [5.74, 6) is 0. The smallest absolute Gasteiger partial charge is 0.137 e. The Morgan fingerprint density at radius 2 is 0.902 bits per heavy atom. The fraction of sp³-hybridized carbons (Fsp3) is 0. The van der Waals surface area contributed by atoms with Crippen LogP contribution in [0.15, 0.2) is 192 Å². The number of nitrogens with zero attached hydrogens (tertiary/aromatic N) is 1.